The van der Waals surface area contributed by atoms with E-state index in [2.05, 4.69) is 162 Å². The van der Waals surface area contributed by atoms with Crippen molar-refractivity contribution in [3.63, 3.8) is 0 Å². The van der Waals surface area contributed by atoms with Gasteiger partial charge in [0.2, 0.25) is 0 Å². The summed E-state index contributed by atoms with van der Waals surface area (Å²) in [5.41, 5.74) is 2.63. The van der Waals surface area contributed by atoms with Crippen molar-refractivity contribution in [3.8, 4) is 0 Å². The molecule has 0 unspecified atom stereocenters. The third-order valence-electron chi connectivity index (χ3n) is 12.2. The van der Waals surface area contributed by atoms with Gasteiger partial charge in [-0.25, -0.2) is 0 Å². The Morgan fingerprint density at radius 1 is 0.400 bits per heavy atom. The average Bonchev–Trinajstić information content (AvgIpc) is 3.66. The molecule has 6 rings (SSSR count). The molecule has 1 aliphatic heterocycles. The van der Waals surface area contributed by atoms with E-state index in [1.54, 1.807) is 7.16 Å². The first kappa shape index (κ1) is 46.6. The Labute approximate surface area is 372 Å². The van der Waals surface area contributed by atoms with Gasteiger partial charge in [-0.3, -0.25) is 0 Å². The molecule has 0 radical (unpaired) electrons. The summed E-state index contributed by atoms with van der Waals surface area (Å²) in [4.78, 5) is 0. The van der Waals surface area contributed by atoms with Crippen molar-refractivity contribution in [2.75, 3.05) is 89.2 Å². The van der Waals surface area contributed by atoms with E-state index in [-0.39, 0.29) is 0 Å². The second-order valence-electron chi connectivity index (χ2n) is 16.2. The maximum atomic E-state index is 4.36. The van der Waals surface area contributed by atoms with Gasteiger partial charge < -0.3 is 0 Å². The molecule has 318 valence electrons. The van der Waals surface area contributed by atoms with Gasteiger partial charge in [0.1, 0.15) is 0 Å². The molecule has 0 saturated heterocycles. The normalized spacial score (nSPS) is 15.9. The van der Waals surface area contributed by atoms with Crippen molar-refractivity contribution in [2.45, 2.75) is 26.6 Å². The SMILES string of the molecule is C=C[CH2][Sn]([CH2]C=C)([CH2]C=C)[c]1c2c3sc4c([c]([Sn]([CH2]C=C)([CH2]C=C)[CH2]C=C)c5ccccc5c4c3c3ccccc13)NCCNCCNCCNCCNCCNCCN2. The quantitative estimate of drug-likeness (QED) is 0.0444. The van der Waals surface area contributed by atoms with Crippen LogP contribution in [0.5, 0.6) is 0 Å². The molecule has 7 N–H and O–H groups in total. The van der Waals surface area contributed by atoms with Gasteiger partial charge in [-0.15, -0.1) is 0 Å². The van der Waals surface area contributed by atoms with Crippen LogP contribution in [0.4, 0.5) is 11.4 Å². The van der Waals surface area contributed by atoms with Crippen LogP contribution in [0.2, 0.25) is 26.6 Å². The number of nitrogens with one attached hydrogen (secondary N) is 7. The molecule has 60 heavy (non-hydrogen) atoms. The Morgan fingerprint density at radius 2 is 0.667 bits per heavy atom. The van der Waals surface area contributed by atoms with Crippen LogP contribution in [-0.4, -0.2) is 115 Å². The summed E-state index contributed by atoms with van der Waals surface area (Å²) in [5, 5.41) is 34.7. The van der Waals surface area contributed by atoms with Gasteiger partial charge in [-0.1, -0.05) is 0 Å². The van der Waals surface area contributed by atoms with E-state index in [1.165, 1.54) is 53.1 Å². The summed E-state index contributed by atoms with van der Waals surface area (Å²) in [6.07, 6.45) is 13.1. The summed E-state index contributed by atoms with van der Waals surface area (Å²) in [6, 6.07) is 18.5. The number of hydrogen-bond donors (Lipinski definition) is 7. The number of rotatable bonds is 14. The van der Waals surface area contributed by atoms with Crippen LogP contribution in [0.15, 0.2) is 124 Å². The topological polar surface area (TPSA) is 84.2 Å². The number of fused-ring (bicyclic) bond motifs is 5. The third kappa shape index (κ3) is 10.3. The van der Waals surface area contributed by atoms with Crippen molar-refractivity contribution in [1.29, 1.82) is 0 Å². The first-order chi connectivity index (χ1) is 29.5. The predicted molar refractivity (Wildman–Crippen MR) is 276 cm³/mol. The molecule has 0 saturated carbocycles. The molecule has 1 aromatic heterocycles. The summed E-state index contributed by atoms with van der Waals surface area (Å²) < 4.78 is 11.9. The average molecular weight is 1040 g/mol. The van der Waals surface area contributed by atoms with E-state index in [1.807, 2.05) is 11.3 Å². The predicted octanol–water partition coefficient (Wildman–Crippen LogP) is 8.57. The number of hydrogen-bond acceptors (Lipinski definition) is 8. The summed E-state index contributed by atoms with van der Waals surface area (Å²) in [5.74, 6) is 0. The van der Waals surface area contributed by atoms with E-state index >= 15 is 0 Å². The summed E-state index contributed by atoms with van der Waals surface area (Å²) >= 11 is -4.72. The molecule has 0 amide bonds. The zero-order chi connectivity index (χ0) is 42.2. The molecule has 0 atom stereocenters. The molecular formula is C50H69N7SSn2. The van der Waals surface area contributed by atoms with Crippen molar-refractivity contribution >= 4 is 108 Å². The molecule has 0 aliphatic carbocycles. The molecule has 4 aromatic carbocycles. The Balaban J connectivity index is 1.71. The van der Waals surface area contributed by atoms with Crippen LogP contribution in [0.25, 0.3) is 41.7 Å². The fourth-order valence-corrected chi connectivity index (χ4v) is 36.2. The zero-order valence-corrected chi connectivity index (χ0v) is 42.5. The van der Waals surface area contributed by atoms with Crippen LogP contribution in [0.1, 0.15) is 0 Å². The standard InChI is InChI=1S/C32H39N7S.6C3H5.2Sn/c1-3-7-25-23(5-1)21-27-31-29(25)30-26-8-4-2-6-24(26)22-28(32(30)40-31)39-20-18-37-16-14-35-12-10-33-9-11-34-13-15-36-17-19-38-27;6*1-3-2;;/h1-8,33-39H,9-20H2;6*3H,1-2H2;;. The minimum absolute atomic E-state index is 0.821. The van der Waals surface area contributed by atoms with E-state index in [4.69, 9.17) is 0 Å². The zero-order valence-electron chi connectivity index (χ0n) is 36.0. The van der Waals surface area contributed by atoms with E-state index in [9.17, 15) is 0 Å². The first-order valence-corrected chi connectivity index (χ1v) is 37.9. The Morgan fingerprint density at radius 3 is 0.950 bits per heavy atom. The molecular weight excluding hydrogens is 968 g/mol. The van der Waals surface area contributed by atoms with Crippen LogP contribution >= 0.6 is 11.3 Å². The number of benzene rings is 4. The molecule has 1 aliphatic rings. The van der Waals surface area contributed by atoms with E-state index < -0.39 is 36.8 Å². The van der Waals surface area contributed by atoms with Gasteiger partial charge in [0, 0.05) is 0 Å². The van der Waals surface area contributed by atoms with Crippen molar-refractivity contribution in [2.24, 2.45) is 0 Å². The Hall–Kier alpha value is -2.94. The number of allylic oxidation sites excluding steroid dienone is 6. The number of thiophene rings is 1. The molecule has 7 nitrogen and oxygen atoms in total. The van der Waals surface area contributed by atoms with Crippen LogP contribution in [0, 0.1) is 0 Å². The summed E-state index contributed by atoms with van der Waals surface area (Å²) in [6.45, 7) is 37.1. The molecule has 10 heteroatoms. The molecule has 0 fully saturated rings. The van der Waals surface area contributed by atoms with Crippen LogP contribution in [-0.2, 0) is 0 Å². The van der Waals surface area contributed by atoms with Gasteiger partial charge in [-0.2, -0.15) is 0 Å². The van der Waals surface area contributed by atoms with Crippen molar-refractivity contribution in [1.82, 2.24) is 26.6 Å². The Kier molecular flexibility index (Phi) is 18.2. The van der Waals surface area contributed by atoms with Gasteiger partial charge in [0.25, 0.3) is 0 Å². The van der Waals surface area contributed by atoms with Crippen molar-refractivity contribution < 1.29 is 0 Å². The Bertz CT molecular complexity index is 2070. The van der Waals surface area contributed by atoms with Gasteiger partial charge >= 0.3 is 375 Å². The maximum absolute atomic E-state index is 4.36. The molecule has 2 heterocycles. The molecule has 5 aromatic rings. The van der Waals surface area contributed by atoms with Gasteiger partial charge in [0.15, 0.2) is 0 Å². The molecule has 2 bridgehead atoms. The van der Waals surface area contributed by atoms with E-state index in [0.29, 0.717) is 0 Å². The fraction of sp³-hybridized carbons (Fsp3) is 0.360. The first-order valence-electron chi connectivity index (χ1n) is 22.1. The second kappa shape index (κ2) is 23.5. The summed E-state index contributed by atoms with van der Waals surface area (Å²) in [7, 11) is 0. The van der Waals surface area contributed by atoms with Gasteiger partial charge in [-0.05, 0) is 0 Å². The monoisotopic (exact) mass is 1040 g/mol. The number of anilines is 2. The van der Waals surface area contributed by atoms with Crippen LogP contribution < -0.4 is 44.4 Å². The minimum atomic E-state index is -3.35. The van der Waals surface area contributed by atoms with Gasteiger partial charge in [0.05, 0.1) is 0 Å². The third-order valence-corrected chi connectivity index (χ3v) is 40.8. The van der Waals surface area contributed by atoms with E-state index in [0.717, 1.165) is 105 Å². The fourth-order valence-electron chi connectivity index (χ4n) is 9.72. The second-order valence-corrected chi connectivity index (χ2v) is 41.7. The van der Waals surface area contributed by atoms with Crippen molar-refractivity contribution in [3.05, 3.63) is 124 Å². The van der Waals surface area contributed by atoms with Crippen LogP contribution in [0.3, 0.4) is 0 Å². The molecule has 0 spiro atoms.